The predicted molar refractivity (Wildman–Crippen MR) is 51.5 cm³/mol. The van der Waals surface area contributed by atoms with Gasteiger partial charge < -0.3 is 9.72 Å². The van der Waals surface area contributed by atoms with E-state index in [1.54, 1.807) is 0 Å². The molecule has 5 nitrogen and oxygen atoms in total. The van der Waals surface area contributed by atoms with E-state index in [1.165, 1.54) is 6.92 Å². The number of hydrogen-bond acceptors (Lipinski definition) is 4. The lowest BCUT2D eigenvalue weighted by Gasteiger charge is -2.09. The molecule has 1 rings (SSSR count). The van der Waals surface area contributed by atoms with Crippen molar-refractivity contribution >= 4 is 19.7 Å². The van der Waals surface area contributed by atoms with Crippen LogP contribution in [0.4, 0.5) is 13.2 Å². The van der Waals surface area contributed by atoms with Crippen LogP contribution >= 0.6 is 10.7 Å². The number of alkyl halides is 3. The van der Waals surface area contributed by atoms with Gasteiger partial charge in [-0.15, -0.1) is 13.2 Å². The summed E-state index contributed by atoms with van der Waals surface area (Å²) in [5.41, 5.74) is -1.63. The van der Waals surface area contributed by atoms with Crippen molar-refractivity contribution in [2.75, 3.05) is 0 Å². The van der Waals surface area contributed by atoms with Gasteiger partial charge in [0.15, 0.2) is 10.6 Å². The first-order valence-electron chi connectivity index (χ1n) is 3.95. The number of aryl methyl sites for hydroxylation is 1. The second-order valence-electron chi connectivity index (χ2n) is 2.92. The summed E-state index contributed by atoms with van der Waals surface area (Å²) in [6, 6.07) is 0. The Morgan fingerprint density at radius 1 is 1.41 bits per heavy atom. The molecule has 0 aliphatic heterocycles. The summed E-state index contributed by atoms with van der Waals surface area (Å²) >= 11 is 0. The molecule has 0 atom stereocenters. The fourth-order valence-electron chi connectivity index (χ4n) is 1.08. The summed E-state index contributed by atoms with van der Waals surface area (Å²) in [5, 5.41) is 0. The summed E-state index contributed by atoms with van der Waals surface area (Å²) in [6.45, 7) is 1.17. The van der Waals surface area contributed by atoms with Crippen LogP contribution in [-0.4, -0.2) is 19.8 Å². The van der Waals surface area contributed by atoms with E-state index >= 15 is 0 Å². The average Bonchev–Trinajstić information content (AvgIpc) is 2.06. The number of aromatic amines is 1. The van der Waals surface area contributed by atoms with E-state index < -0.39 is 31.5 Å². The lowest BCUT2D eigenvalue weighted by Crippen LogP contribution is -2.24. The molecule has 1 N–H and O–H groups in total. The van der Waals surface area contributed by atoms with Gasteiger partial charge >= 0.3 is 6.36 Å². The van der Waals surface area contributed by atoms with Crippen LogP contribution in [0.15, 0.2) is 15.9 Å². The van der Waals surface area contributed by atoms with Crippen molar-refractivity contribution in [3.63, 3.8) is 0 Å². The number of H-pyrrole nitrogens is 1. The lowest BCUT2D eigenvalue weighted by molar-refractivity contribution is -0.275. The van der Waals surface area contributed by atoms with Crippen molar-refractivity contribution in [2.45, 2.75) is 18.2 Å². The Morgan fingerprint density at radius 3 is 2.35 bits per heavy atom. The van der Waals surface area contributed by atoms with Crippen molar-refractivity contribution in [2.24, 2.45) is 0 Å². The predicted octanol–water partition coefficient (Wildman–Crippen LogP) is 1.51. The smallest absolute Gasteiger partial charge is 0.400 e. The molecule has 1 aromatic rings. The highest BCUT2D eigenvalue weighted by molar-refractivity contribution is 8.13. The molecule has 1 aromatic heterocycles. The highest BCUT2D eigenvalue weighted by Crippen LogP contribution is 2.22. The highest BCUT2D eigenvalue weighted by atomic mass is 35.7. The Morgan fingerprint density at radius 2 is 1.94 bits per heavy atom. The molecule has 0 amide bonds. The minimum absolute atomic E-state index is 0.181. The van der Waals surface area contributed by atoms with Gasteiger partial charge in [0.25, 0.3) is 9.05 Å². The largest absolute Gasteiger partial charge is 0.573 e. The number of aromatic nitrogens is 1. The summed E-state index contributed by atoms with van der Waals surface area (Å²) in [6.07, 6.45) is -4.49. The molecule has 0 aromatic carbocycles. The zero-order valence-electron chi connectivity index (χ0n) is 8.13. The molecule has 0 unspecified atom stereocenters. The second-order valence-corrected chi connectivity index (χ2v) is 5.42. The maximum atomic E-state index is 11.9. The standard InChI is InChI=1S/C7H5ClF3NO4S/c1-3-6(17(8,14)15)5(13)4(2-12-3)16-7(9,10)11/h2H,1H3,(H,12,13). The van der Waals surface area contributed by atoms with E-state index in [1.807, 2.05) is 0 Å². The summed E-state index contributed by atoms with van der Waals surface area (Å²) in [7, 11) is 0.467. The molecule has 0 saturated heterocycles. The summed E-state index contributed by atoms with van der Waals surface area (Å²) in [4.78, 5) is 12.6. The molecule has 17 heavy (non-hydrogen) atoms. The molecule has 0 radical (unpaired) electrons. The topological polar surface area (TPSA) is 76.2 Å². The molecule has 0 bridgehead atoms. The lowest BCUT2D eigenvalue weighted by atomic mass is 10.3. The molecular weight excluding hydrogens is 287 g/mol. The molecule has 0 aliphatic carbocycles. The van der Waals surface area contributed by atoms with Crippen LogP contribution in [0.5, 0.6) is 5.75 Å². The number of halogens is 4. The third-order valence-electron chi connectivity index (χ3n) is 1.66. The van der Waals surface area contributed by atoms with Crippen LogP contribution in [0.3, 0.4) is 0 Å². The number of rotatable bonds is 2. The third kappa shape index (κ3) is 3.37. The number of nitrogens with one attached hydrogen (secondary N) is 1. The van der Waals surface area contributed by atoms with Gasteiger partial charge in [-0.1, -0.05) is 0 Å². The number of pyridine rings is 1. The fraction of sp³-hybridized carbons (Fsp3) is 0.286. The Bertz CT molecular complexity index is 592. The van der Waals surface area contributed by atoms with Crippen LogP contribution in [0.25, 0.3) is 0 Å². The van der Waals surface area contributed by atoms with Gasteiger partial charge in [0.05, 0.1) is 0 Å². The highest BCUT2D eigenvalue weighted by Gasteiger charge is 2.33. The molecule has 0 aliphatic rings. The quantitative estimate of drug-likeness (QED) is 0.838. The van der Waals surface area contributed by atoms with Crippen LogP contribution in [0.2, 0.25) is 0 Å². The van der Waals surface area contributed by atoms with E-state index in [4.69, 9.17) is 10.7 Å². The molecule has 0 spiro atoms. The first-order valence-corrected chi connectivity index (χ1v) is 6.26. The minimum atomic E-state index is -5.10. The van der Waals surface area contributed by atoms with Gasteiger partial charge in [-0.2, -0.15) is 0 Å². The van der Waals surface area contributed by atoms with Crippen molar-refractivity contribution in [1.82, 2.24) is 4.98 Å². The molecule has 96 valence electrons. The van der Waals surface area contributed by atoms with E-state index in [-0.39, 0.29) is 5.69 Å². The first-order chi connectivity index (χ1) is 7.52. The monoisotopic (exact) mass is 291 g/mol. The zero-order valence-corrected chi connectivity index (χ0v) is 9.70. The van der Waals surface area contributed by atoms with Crippen molar-refractivity contribution in [3.8, 4) is 5.75 Å². The zero-order chi connectivity index (χ0) is 13.4. The van der Waals surface area contributed by atoms with E-state index in [0.717, 1.165) is 0 Å². The molecular formula is C7H5ClF3NO4S. The van der Waals surface area contributed by atoms with Gasteiger partial charge in [0.1, 0.15) is 0 Å². The van der Waals surface area contributed by atoms with E-state index in [0.29, 0.717) is 6.20 Å². The summed E-state index contributed by atoms with van der Waals surface area (Å²) < 4.78 is 61.0. The minimum Gasteiger partial charge on any atom is -0.400 e. The SMILES string of the molecule is Cc1[nH]cc(OC(F)(F)F)c(=O)c1S(=O)(=O)Cl. The van der Waals surface area contributed by atoms with Gasteiger partial charge in [-0.3, -0.25) is 4.79 Å². The fourth-order valence-corrected chi connectivity index (χ4v) is 2.39. The number of hydrogen-bond donors (Lipinski definition) is 1. The van der Waals surface area contributed by atoms with Crippen LogP contribution in [0.1, 0.15) is 5.69 Å². The Labute approximate surface area is 97.6 Å². The van der Waals surface area contributed by atoms with E-state index in [9.17, 15) is 26.4 Å². The summed E-state index contributed by atoms with van der Waals surface area (Å²) in [5.74, 6) is -1.19. The maximum Gasteiger partial charge on any atom is 0.573 e. The Balaban J connectivity index is 3.46. The molecule has 0 saturated carbocycles. The van der Waals surface area contributed by atoms with Crippen LogP contribution in [0, 0.1) is 6.92 Å². The third-order valence-corrected chi connectivity index (χ3v) is 3.10. The van der Waals surface area contributed by atoms with Gasteiger partial charge in [0.2, 0.25) is 5.43 Å². The van der Waals surface area contributed by atoms with Crippen LogP contribution < -0.4 is 10.2 Å². The van der Waals surface area contributed by atoms with Crippen molar-refractivity contribution in [3.05, 3.63) is 22.1 Å². The van der Waals surface area contributed by atoms with Gasteiger partial charge in [-0.05, 0) is 6.92 Å². The average molecular weight is 292 g/mol. The van der Waals surface area contributed by atoms with E-state index in [2.05, 4.69) is 9.72 Å². The van der Waals surface area contributed by atoms with Gasteiger partial charge in [-0.25, -0.2) is 8.42 Å². The first kappa shape index (κ1) is 13.8. The maximum absolute atomic E-state index is 11.9. The molecule has 0 fully saturated rings. The Hall–Kier alpha value is -1.22. The van der Waals surface area contributed by atoms with Gasteiger partial charge in [0, 0.05) is 22.6 Å². The Kier molecular flexibility index (Phi) is 3.44. The number of ether oxygens (including phenoxy) is 1. The van der Waals surface area contributed by atoms with Crippen LogP contribution in [-0.2, 0) is 9.05 Å². The van der Waals surface area contributed by atoms with Crippen molar-refractivity contribution < 1.29 is 26.3 Å². The van der Waals surface area contributed by atoms with Crippen molar-refractivity contribution in [1.29, 1.82) is 0 Å². The second kappa shape index (κ2) is 4.22. The normalized spacial score (nSPS) is 12.5. The molecule has 10 heteroatoms. The molecule has 1 heterocycles.